The Bertz CT molecular complexity index is 574. The van der Waals surface area contributed by atoms with Crippen LogP contribution in [0.15, 0.2) is 6.20 Å². The number of nitrogens with zero attached hydrogens (tertiary/aromatic N) is 3. The van der Waals surface area contributed by atoms with E-state index in [1.807, 2.05) is 11.1 Å². The van der Waals surface area contributed by atoms with E-state index in [4.69, 9.17) is 4.74 Å². The Balaban J connectivity index is 1.68. The summed E-state index contributed by atoms with van der Waals surface area (Å²) in [5, 5.41) is 0. The van der Waals surface area contributed by atoms with Crippen LogP contribution in [0.5, 0.6) is 0 Å². The summed E-state index contributed by atoms with van der Waals surface area (Å²) in [4.78, 5) is 25.6. The zero-order valence-electron chi connectivity index (χ0n) is 15.7. The second-order valence-electron chi connectivity index (χ2n) is 7.40. The number of methoxy groups -OCH3 is 1. The lowest BCUT2D eigenvalue weighted by molar-refractivity contribution is -0.148. The summed E-state index contributed by atoms with van der Waals surface area (Å²) in [6, 6.07) is 0. The van der Waals surface area contributed by atoms with E-state index in [0.29, 0.717) is 19.1 Å². The zero-order valence-corrected chi connectivity index (χ0v) is 15.7. The number of nitrogens with one attached hydrogen (secondary N) is 1. The van der Waals surface area contributed by atoms with Crippen LogP contribution in [-0.4, -0.2) is 64.6 Å². The molecular formula is C19H32N4O2. The Labute approximate surface area is 150 Å². The van der Waals surface area contributed by atoms with Crippen molar-refractivity contribution in [2.75, 3.05) is 33.4 Å². The molecule has 6 nitrogen and oxygen atoms in total. The van der Waals surface area contributed by atoms with Crippen LogP contribution >= 0.6 is 0 Å². The van der Waals surface area contributed by atoms with Gasteiger partial charge >= 0.3 is 0 Å². The molecule has 1 N–H and O–H groups in total. The molecule has 0 saturated carbocycles. The fourth-order valence-corrected chi connectivity index (χ4v) is 4.33. The SMILES string of the molecule is CCCCc1ncc(CN2CCCC23CCCN(CCOC)C3=O)[nH]1. The Morgan fingerprint density at radius 3 is 2.88 bits per heavy atom. The monoisotopic (exact) mass is 348 g/mol. The van der Waals surface area contributed by atoms with Gasteiger partial charge in [0.1, 0.15) is 11.4 Å². The van der Waals surface area contributed by atoms with Crippen molar-refractivity contribution in [1.29, 1.82) is 0 Å². The first-order valence-electron chi connectivity index (χ1n) is 9.75. The number of piperidine rings is 1. The summed E-state index contributed by atoms with van der Waals surface area (Å²) in [6.45, 7) is 6.17. The summed E-state index contributed by atoms with van der Waals surface area (Å²) in [6.07, 6.45) is 9.43. The van der Waals surface area contributed by atoms with Gasteiger partial charge in [-0.05, 0) is 38.6 Å². The molecule has 3 heterocycles. The summed E-state index contributed by atoms with van der Waals surface area (Å²) in [5.41, 5.74) is 0.829. The molecule has 6 heteroatoms. The maximum atomic E-state index is 13.2. The van der Waals surface area contributed by atoms with Crippen molar-refractivity contribution in [2.45, 2.75) is 64.0 Å². The van der Waals surface area contributed by atoms with Crippen molar-refractivity contribution in [3.05, 3.63) is 17.7 Å². The number of hydrogen-bond acceptors (Lipinski definition) is 4. The molecule has 1 aromatic rings. The van der Waals surface area contributed by atoms with Gasteiger partial charge in [0.05, 0.1) is 6.61 Å². The van der Waals surface area contributed by atoms with Gasteiger partial charge in [0.25, 0.3) is 0 Å². The largest absolute Gasteiger partial charge is 0.383 e. The number of carbonyl (C=O) groups excluding carboxylic acids is 1. The first-order valence-corrected chi connectivity index (χ1v) is 9.75. The van der Waals surface area contributed by atoms with Gasteiger partial charge in [-0.25, -0.2) is 4.98 Å². The third kappa shape index (κ3) is 3.90. The van der Waals surface area contributed by atoms with Crippen LogP contribution in [0, 0.1) is 0 Å². The molecule has 1 amide bonds. The Hall–Kier alpha value is -1.40. The predicted molar refractivity (Wildman–Crippen MR) is 97.3 cm³/mol. The summed E-state index contributed by atoms with van der Waals surface area (Å²) in [7, 11) is 1.69. The topological polar surface area (TPSA) is 61.5 Å². The summed E-state index contributed by atoms with van der Waals surface area (Å²) >= 11 is 0. The molecule has 3 rings (SSSR count). The van der Waals surface area contributed by atoms with Crippen LogP contribution in [-0.2, 0) is 22.5 Å². The highest BCUT2D eigenvalue weighted by molar-refractivity contribution is 5.87. The molecule has 0 aliphatic carbocycles. The fraction of sp³-hybridized carbons (Fsp3) is 0.789. The highest BCUT2D eigenvalue weighted by Crippen LogP contribution is 2.39. The van der Waals surface area contributed by atoms with Crippen LogP contribution in [0.25, 0.3) is 0 Å². The molecule has 2 aliphatic heterocycles. The number of amides is 1. The average molecular weight is 348 g/mol. The van der Waals surface area contributed by atoms with Gasteiger partial charge in [-0.2, -0.15) is 0 Å². The maximum absolute atomic E-state index is 13.2. The van der Waals surface area contributed by atoms with Gasteiger partial charge in [0.15, 0.2) is 0 Å². The van der Waals surface area contributed by atoms with Crippen LogP contribution < -0.4 is 0 Å². The first kappa shape index (κ1) is 18.4. The maximum Gasteiger partial charge on any atom is 0.243 e. The van der Waals surface area contributed by atoms with E-state index in [2.05, 4.69) is 21.8 Å². The number of carbonyl (C=O) groups is 1. The van der Waals surface area contributed by atoms with Crippen LogP contribution in [0.1, 0.15) is 57.0 Å². The number of likely N-dealkylation sites (tertiary alicyclic amines) is 2. The third-order valence-electron chi connectivity index (χ3n) is 5.70. The van der Waals surface area contributed by atoms with Crippen molar-refractivity contribution >= 4 is 5.91 Å². The first-order chi connectivity index (χ1) is 12.2. The highest BCUT2D eigenvalue weighted by Gasteiger charge is 2.50. The molecular weight excluding hydrogens is 316 g/mol. The minimum absolute atomic E-state index is 0.305. The summed E-state index contributed by atoms with van der Waals surface area (Å²) in [5.74, 6) is 1.38. The fourth-order valence-electron chi connectivity index (χ4n) is 4.33. The van der Waals surface area contributed by atoms with Crippen LogP contribution in [0.4, 0.5) is 0 Å². The minimum Gasteiger partial charge on any atom is -0.383 e. The molecule has 1 aromatic heterocycles. The number of hydrogen-bond donors (Lipinski definition) is 1. The van der Waals surface area contributed by atoms with Crippen molar-refractivity contribution in [2.24, 2.45) is 0 Å². The number of ether oxygens (including phenoxy) is 1. The summed E-state index contributed by atoms with van der Waals surface area (Å²) < 4.78 is 5.18. The van der Waals surface area contributed by atoms with Gasteiger partial charge in [0, 0.05) is 45.1 Å². The predicted octanol–water partition coefficient (Wildman–Crippen LogP) is 2.36. The van der Waals surface area contributed by atoms with E-state index in [0.717, 1.165) is 69.7 Å². The number of H-pyrrole nitrogens is 1. The van der Waals surface area contributed by atoms with Gasteiger partial charge < -0.3 is 14.6 Å². The molecule has 1 atom stereocenters. The normalized spacial score (nSPS) is 24.6. The van der Waals surface area contributed by atoms with Crippen LogP contribution in [0.3, 0.4) is 0 Å². The van der Waals surface area contributed by atoms with E-state index < -0.39 is 0 Å². The lowest BCUT2D eigenvalue weighted by Crippen LogP contribution is -2.60. The molecule has 1 spiro atoms. The van der Waals surface area contributed by atoms with Gasteiger partial charge in [-0.3, -0.25) is 9.69 Å². The third-order valence-corrected chi connectivity index (χ3v) is 5.70. The number of unbranched alkanes of at least 4 members (excludes halogenated alkanes) is 1. The lowest BCUT2D eigenvalue weighted by Gasteiger charge is -2.44. The standard InChI is InChI=1S/C19H32N4O2/c1-3-4-7-17-20-14-16(21-17)15-23-11-6-9-19(23)8-5-10-22(18(19)24)12-13-25-2/h14H,3-13,15H2,1-2H3,(H,20,21). The Kier molecular flexibility index (Phi) is 6.12. The van der Waals surface area contributed by atoms with Gasteiger partial charge in [-0.1, -0.05) is 13.3 Å². The Morgan fingerprint density at radius 1 is 1.32 bits per heavy atom. The van der Waals surface area contributed by atoms with E-state index in [-0.39, 0.29) is 5.54 Å². The second-order valence-corrected chi connectivity index (χ2v) is 7.40. The molecule has 0 radical (unpaired) electrons. The van der Waals surface area contributed by atoms with Crippen molar-refractivity contribution in [1.82, 2.24) is 19.8 Å². The number of aryl methyl sites for hydroxylation is 1. The van der Waals surface area contributed by atoms with Gasteiger partial charge in [0.2, 0.25) is 5.91 Å². The number of rotatable bonds is 8. The van der Waals surface area contributed by atoms with E-state index >= 15 is 0 Å². The van der Waals surface area contributed by atoms with Crippen LogP contribution in [0.2, 0.25) is 0 Å². The highest BCUT2D eigenvalue weighted by atomic mass is 16.5. The van der Waals surface area contributed by atoms with E-state index in [1.54, 1.807) is 7.11 Å². The number of aromatic nitrogens is 2. The van der Waals surface area contributed by atoms with E-state index in [9.17, 15) is 4.79 Å². The molecule has 2 fully saturated rings. The Morgan fingerprint density at radius 2 is 2.12 bits per heavy atom. The molecule has 0 bridgehead atoms. The molecule has 140 valence electrons. The van der Waals surface area contributed by atoms with Crippen molar-refractivity contribution in [3.63, 3.8) is 0 Å². The molecule has 25 heavy (non-hydrogen) atoms. The average Bonchev–Trinajstić information content (AvgIpc) is 3.23. The van der Waals surface area contributed by atoms with Gasteiger partial charge in [-0.15, -0.1) is 0 Å². The quantitative estimate of drug-likeness (QED) is 0.783. The van der Waals surface area contributed by atoms with E-state index in [1.165, 1.54) is 6.42 Å². The zero-order chi connectivity index (χ0) is 17.7. The van der Waals surface area contributed by atoms with Crippen molar-refractivity contribution in [3.8, 4) is 0 Å². The minimum atomic E-state index is -0.305. The molecule has 0 aromatic carbocycles. The smallest absolute Gasteiger partial charge is 0.243 e. The molecule has 1 unspecified atom stereocenters. The molecule has 2 saturated heterocycles. The number of aromatic amines is 1. The molecule has 2 aliphatic rings. The lowest BCUT2D eigenvalue weighted by atomic mass is 9.85. The second kappa shape index (κ2) is 8.32. The van der Waals surface area contributed by atoms with Crippen molar-refractivity contribution < 1.29 is 9.53 Å². The number of imidazole rings is 1.